The Morgan fingerprint density at radius 2 is 2.05 bits per heavy atom. The Labute approximate surface area is 116 Å². The van der Waals surface area contributed by atoms with Crippen LogP contribution >= 0.6 is 0 Å². The Hall–Kier alpha value is -2.63. The van der Waals surface area contributed by atoms with Gasteiger partial charge in [-0.05, 0) is 23.8 Å². The molecule has 1 aromatic carbocycles. The number of ether oxygens (including phenoxy) is 2. The van der Waals surface area contributed by atoms with Crippen molar-refractivity contribution in [2.24, 2.45) is 0 Å². The first-order valence-corrected chi connectivity index (χ1v) is 6.10. The second-order valence-electron chi connectivity index (χ2n) is 3.95. The lowest BCUT2D eigenvalue weighted by Gasteiger charge is -2.06. The highest BCUT2D eigenvalue weighted by Crippen LogP contribution is 2.11. The highest BCUT2D eigenvalue weighted by Gasteiger charge is 2.03. The van der Waals surface area contributed by atoms with Gasteiger partial charge in [0, 0.05) is 12.6 Å². The molecule has 1 N–H and O–H groups in total. The van der Waals surface area contributed by atoms with E-state index in [0.29, 0.717) is 18.8 Å². The topological polar surface area (TPSA) is 73.3 Å². The molecule has 2 rings (SSSR count). The molecule has 1 heterocycles. The first-order valence-electron chi connectivity index (χ1n) is 6.10. The normalized spacial score (nSPS) is 9.85. The zero-order chi connectivity index (χ0) is 14.2. The van der Waals surface area contributed by atoms with Gasteiger partial charge in [0.25, 0.3) is 0 Å². The van der Waals surface area contributed by atoms with Gasteiger partial charge in [-0.3, -0.25) is 5.32 Å². The number of methoxy groups -OCH3 is 1. The number of carbonyl (C=O) groups excluding carboxylic acids is 1. The molecule has 0 saturated heterocycles. The van der Waals surface area contributed by atoms with Crippen LogP contribution in [0, 0.1) is 0 Å². The van der Waals surface area contributed by atoms with Gasteiger partial charge in [0.05, 0.1) is 13.7 Å². The predicted octanol–water partition coefficient (Wildman–Crippen LogP) is 2.28. The zero-order valence-corrected chi connectivity index (χ0v) is 11.1. The number of anilines is 1. The summed E-state index contributed by atoms with van der Waals surface area (Å²) in [6.45, 7) is 0.295. The van der Waals surface area contributed by atoms with Crippen LogP contribution in [0.5, 0.6) is 5.75 Å². The van der Waals surface area contributed by atoms with Crippen LogP contribution in [0.15, 0.2) is 42.9 Å². The van der Waals surface area contributed by atoms with Gasteiger partial charge in [-0.2, -0.15) is 0 Å². The predicted molar refractivity (Wildman–Crippen MR) is 73.7 cm³/mol. The lowest BCUT2D eigenvalue weighted by atomic mass is 10.1. The molecule has 0 aliphatic heterocycles. The fourth-order valence-corrected chi connectivity index (χ4v) is 1.56. The quantitative estimate of drug-likeness (QED) is 0.904. The summed E-state index contributed by atoms with van der Waals surface area (Å²) in [6.07, 6.45) is 3.01. The van der Waals surface area contributed by atoms with E-state index in [4.69, 9.17) is 9.47 Å². The number of carbonyl (C=O) groups is 1. The molecular weight excluding hydrogens is 258 g/mol. The van der Waals surface area contributed by atoms with Crippen LogP contribution in [-0.2, 0) is 11.2 Å². The number of benzene rings is 1. The molecule has 6 nitrogen and oxygen atoms in total. The van der Waals surface area contributed by atoms with Crippen LogP contribution in [-0.4, -0.2) is 29.8 Å². The molecule has 2 aromatic rings. The van der Waals surface area contributed by atoms with Crippen LogP contribution < -0.4 is 10.1 Å². The monoisotopic (exact) mass is 273 g/mol. The average Bonchev–Trinajstić information content (AvgIpc) is 2.49. The maximum Gasteiger partial charge on any atom is 0.412 e. The summed E-state index contributed by atoms with van der Waals surface area (Å²) in [5.41, 5.74) is 1.07. The molecule has 6 heteroatoms. The molecular formula is C14H15N3O3. The molecule has 0 saturated carbocycles. The van der Waals surface area contributed by atoms with E-state index >= 15 is 0 Å². The van der Waals surface area contributed by atoms with E-state index in [1.54, 1.807) is 19.4 Å². The summed E-state index contributed by atoms with van der Waals surface area (Å²) in [4.78, 5) is 19.1. The number of hydrogen-bond acceptors (Lipinski definition) is 5. The zero-order valence-electron chi connectivity index (χ0n) is 11.1. The molecule has 0 spiro atoms. The molecule has 0 bridgehead atoms. The van der Waals surface area contributed by atoms with Crippen molar-refractivity contribution in [2.45, 2.75) is 6.42 Å². The van der Waals surface area contributed by atoms with Crippen molar-refractivity contribution < 1.29 is 14.3 Å². The number of nitrogens with zero attached hydrogens (tertiary/aromatic N) is 2. The van der Waals surface area contributed by atoms with Crippen molar-refractivity contribution >= 4 is 11.9 Å². The van der Waals surface area contributed by atoms with Gasteiger partial charge in [-0.15, -0.1) is 0 Å². The van der Waals surface area contributed by atoms with Gasteiger partial charge in [0.15, 0.2) is 0 Å². The third kappa shape index (κ3) is 4.24. The summed E-state index contributed by atoms with van der Waals surface area (Å²) in [7, 11) is 1.62. The molecule has 0 radical (unpaired) electrons. The van der Waals surface area contributed by atoms with Crippen LogP contribution in [0.2, 0.25) is 0 Å². The van der Waals surface area contributed by atoms with Crippen molar-refractivity contribution in [1.82, 2.24) is 9.97 Å². The van der Waals surface area contributed by atoms with Crippen molar-refractivity contribution in [1.29, 1.82) is 0 Å². The molecule has 1 aromatic heterocycles. The summed E-state index contributed by atoms with van der Waals surface area (Å²) >= 11 is 0. The number of aromatic nitrogens is 2. The van der Waals surface area contributed by atoms with E-state index in [-0.39, 0.29) is 0 Å². The average molecular weight is 273 g/mol. The van der Waals surface area contributed by atoms with Crippen LogP contribution in [0.25, 0.3) is 0 Å². The largest absolute Gasteiger partial charge is 0.497 e. The lowest BCUT2D eigenvalue weighted by Crippen LogP contribution is -2.16. The Balaban J connectivity index is 1.73. The second kappa shape index (κ2) is 7.08. The van der Waals surface area contributed by atoms with E-state index < -0.39 is 6.09 Å². The molecule has 0 fully saturated rings. The van der Waals surface area contributed by atoms with Gasteiger partial charge in [0.1, 0.15) is 17.9 Å². The van der Waals surface area contributed by atoms with Crippen LogP contribution in [0.4, 0.5) is 10.6 Å². The highest BCUT2D eigenvalue weighted by molar-refractivity contribution is 5.83. The smallest absolute Gasteiger partial charge is 0.412 e. The summed E-state index contributed by atoms with van der Waals surface area (Å²) in [5.74, 6) is 1.21. The number of rotatable bonds is 5. The third-order valence-electron chi connectivity index (χ3n) is 2.60. The first kappa shape index (κ1) is 13.8. The number of nitrogens with one attached hydrogen (secondary N) is 1. The lowest BCUT2D eigenvalue weighted by molar-refractivity contribution is 0.163. The van der Waals surface area contributed by atoms with E-state index in [0.717, 1.165) is 11.3 Å². The number of hydrogen-bond donors (Lipinski definition) is 1. The summed E-state index contributed by atoms with van der Waals surface area (Å²) < 4.78 is 10.1. The molecule has 104 valence electrons. The van der Waals surface area contributed by atoms with Crippen LogP contribution in [0.1, 0.15) is 5.56 Å². The Morgan fingerprint density at radius 1 is 1.25 bits per heavy atom. The van der Waals surface area contributed by atoms with Crippen molar-refractivity contribution in [3.8, 4) is 5.75 Å². The van der Waals surface area contributed by atoms with Gasteiger partial charge >= 0.3 is 6.09 Å². The molecule has 1 amide bonds. The standard InChI is InChI=1S/C14H15N3O3/c1-19-12-4-2-11(3-5-12)7-9-20-14(18)17-13-6-8-15-10-16-13/h2-6,8,10H,7,9H2,1H3,(H,15,16,17,18). The second-order valence-corrected chi connectivity index (χ2v) is 3.95. The van der Waals surface area contributed by atoms with Crippen molar-refractivity contribution in [3.05, 3.63) is 48.4 Å². The number of amides is 1. The first-order chi connectivity index (χ1) is 9.78. The fraction of sp³-hybridized carbons (Fsp3) is 0.214. The Kier molecular flexibility index (Phi) is 4.88. The van der Waals surface area contributed by atoms with Crippen molar-refractivity contribution in [2.75, 3.05) is 19.0 Å². The minimum absolute atomic E-state index is 0.295. The maximum absolute atomic E-state index is 11.5. The Morgan fingerprint density at radius 3 is 2.70 bits per heavy atom. The third-order valence-corrected chi connectivity index (χ3v) is 2.60. The van der Waals surface area contributed by atoms with E-state index in [9.17, 15) is 4.79 Å². The molecule has 0 unspecified atom stereocenters. The van der Waals surface area contributed by atoms with E-state index in [1.807, 2.05) is 24.3 Å². The maximum atomic E-state index is 11.5. The van der Waals surface area contributed by atoms with E-state index in [2.05, 4.69) is 15.3 Å². The molecule has 0 aliphatic carbocycles. The molecule has 20 heavy (non-hydrogen) atoms. The highest BCUT2D eigenvalue weighted by atomic mass is 16.5. The SMILES string of the molecule is COc1ccc(CCOC(=O)Nc2ccncn2)cc1. The van der Waals surface area contributed by atoms with Gasteiger partial charge in [-0.25, -0.2) is 14.8 Å². The van der Waals surface area contributed by atoms with Gasteiger partial charge < -0.3 is 9.47 Å². The Bertz CT molecular complexity index is 543. The minimum Gasteiger partial charge on any atom is -0.497 e. The van der Waals surface area contributed by atoms with Gasteiger partial charge in [0.2, 0.25) is 0 Å². The van der Waals surface area contributed by atoms with E-state index in [1.165, 1.54) is 6.33 Å². The molecule has 0 aliphatic rings. The minimum atomic E-state index is -0.530. The molecule has 0 atom stereocenters. The van der Waals surface area contributed by atoms with Crippen LogP contribution in [0.3, 0.4) is 0 Å². The van der Waals surface area contributed by atoms with Crippen molar-refractivity contribution in [3.63, 3.8) is 0 Å². The summed E-state index contributed by atoms with van der Waals surface area (Å²) in [5, 5.41) is 2.51. The van der Waals surface area contributed by atoms with Gasteiger partial charge in [-0.1, -0.05) is 12.1 Å². The fourth-order valence-electron chi connectivity index (χ4n) is 1.56. The summed E-state index contributed by atoms with van der Waals surface area (Å²) in [6, 6.07) is 9.20.